The van der Waals surface area contributed by atoms with Crippen molar-refractivity contribution in [1.29, 1.82) is 0 Å². The quantitative estimate of drug-likeness (QED) is 0.188. The van der Waals surface area contributed by atoms with E-state index in [0.29, 0.717) is 16.3 Å². The summed E-state index contributed by atoms with van der Waals surface area (Å²) < 4.78 is 29.6. The Bertz CT molecular complexity index is 1720. The van der Waals surface area contributed by atoms with Gasteiger partial charge >= 0.3 is 0 Å². The van der Waals surface area contributed by atoms with E-state index in [-0.39, 0.29) is 29.8 Å². The second kappa shape index (κ2) is 14.8. The largest absolute Gasteiger partial charge is 0.352 e. The van der Waals surface area contributed by atoms with Crippen molar-refractivity contribution >= 4 is 39.1 Å². The topological polar surface area (TPSA) is 86.8 Å². The van der Waals surface area contributed by atoms with E-state index in [9.17, 15) is 18.0 Å². The number of sulfonamides is 1. The van der Waals surface area contributed by atoms with Gasteiger partial charge in [0.2, 0.25) is 11.8 Å². The molecule has 0 bridgehead atoms. The molecule has 0 heterocycles. The van der Waals surface area contributed by atoms with E-state index in [1.54, 1.807) is 54.6 Å². The van der Waals surface area contributed by atoms with Gasteiger partial charge in [-0.25, -0.2) is 8.42 Å². The molecule has 0 aliphatic carbocycles. The number of benzene rings is 4. The van der Waals surface area contributed by atoms with Crippen molar-refractivity contribution in [2.45, 2.75) is 64.6 Å². The highest BCUT2D eigenvalue weighted by molar-refractivity contribution is 7.92. The Kier molecular flexibility index (Phi) is 11.1. The maximum Gasteiger partial charge on any atom is 0.264 e. The van der Waals surface area contributed by atoms with Crippen LogP contribution in [0, 0.1) is 20.8 Å². The molecule has 45 heavy (non-hydrogen) atoms. The molecule has 4 aromatic carbocycles. The van der Waals surface area contributed by atoms with Gasteiger partial charge in [-0.2, -0.15) is 0 Å². The third kappa shape index (κ3) is 8.74. The van der Waals surface area contributed by atoms with Crippen molar-refractivity contribution in [2.24, 2.45) is 0 Å². The first-order chi connectivity index (χ1) is 21.3. The third-order valence-electron chi connectivity index (χ3n) is 7.48. The Labute approximate surface area is 271 Å². The van der Waals surface area contributed by atoms with E-state index in [4.69, 9.17) is 11.6 Å². The van der Waals surface area contributed by atoms with Gasteiger partial charge in [-0.15, -0.1) is 0 Å². The zero-order valence-corrected chi connectivity index (χ0v) is 27.9. The van der Waals surface area contributed by atoms with Gasteiger partial charge in [-0.3, -0.25) is 13.9 Å². The fourth-order valence-corrected chi connectivity index (χ4v) is 6.76. The first kappa shape index (κ1) is 33.7. The number of hydrogen-bond donors (Lipinski definition) is 1. The molecule has 9 heteroatoms. The Morgan fingerprint density at radius 2 is 1.42 bits per heavy atom. The number of nitrogens with one attached hydrogen (secondary N) is 1. The summed E-state index contributed by atoms with van der Waals surface area (Å²) in [5.41, 5.74) is 4.61. The fraction of sp³-hybridized carbons (Fsp3) is 0.278. The minimum Gasteiger partial charge on any atom is -0.352 e. The number of hydrogen-bond acceptors (Lipinski definition) is 4. The molecule has 0 spiro atoms. The molecular formula is C36H40ClN3O4S. The molecule has 4 rings (SSSR count). The van der Waals surface area contributed by atoms with Crippen LogP contribution in [-0.4, -0.2) is 43.8 Å². The summed E-state index contributed by atoms with van der Waals surface area (Å²) in [6.45, 7) is 8.92. The number of amides is 2. The third-order valence-corrected chi connectivity index (χ3v) is 9.50. The molecule has 2 amide bonds. The first-order valence-corrected chi connectivity index (χ1v) is 16.7. The van der Waals surface area contributed by atoms with E-state index in [1.165, 1.54) is 4.90 Å². The molecule has 0 aromatic heterocycles. The molecule has 0 saturated heterocycles. The van der Waals surface area contributed by atoms with E-state index in [2.05, 4.69) is 5.32 Å². The second-order valence-electron chi connectivity index (χ2n) is 11.6. The van der Waals surface area contributed by atoms with Crippen molar-refractivity contribution in [3.63, 3.8) is 0 Å². The van der Waals surface area contributed by atoms with Crippen LogP contribution in [0.15, 0.2) is 102 Å². The molecule has 4 aromatic rings. The Balaban J connectivity index is 1.82. The smallest absolute Gasteiger partial charge is 0.264 e. The summed E-state index contributed by atoms with van der Waals surface area (Å²) in [4.78, 5) is 29.9. The Hall–Kier alpha value is -4.14. The van der Waals surface area contributed by atoms with Crippen LogP contribution in [0.4, 0.5) is 5.69 Å². The monoisotopic (exact) mass is 645 g/mol. The Morgan fingerprint density at radius 3 is 2.02 bits per heavy atom. The van der Waals surface area contributed by atoms with Gasteiger partial charge in [0, 0.05) is 24.0 Å². The lowest BCUT2D eigenvalue weighted by Gasteiger charge is -2.34. The average Bonchev–Trinajstić information content (AvgIpc) is 2.99. The number of halogens is 1. The van der Waals surface area contributed by atoms with Gasteiger partial charge in [-0.1, -0.05) is 89.5 Å². The van der Waals surface area contributed by atoms with Crippen LogP contribution in [0.3, 0.4) is 0 Å². The highest BCUT2D eigenvalue weighted by Crippen LogP contribution is 2.29. The lowest BCUT2D eigenvalue weighted by atomic mass is 10.0. The zero-order chi connectivity index (χ0) is 32.7. The molecule has 0 aliphatic heterocycles. The number of carbonyl (C=O) groups is 2. The van der Waals surface area contributed by atoms with Crippen molar-refractivity contribution in [2.75, 3.05) is 10.8 Å². The number of rotatable bonds is 12. The van der Waals surface area contributed by atoms with Crippen molar-refractivity contribution in [3.05, 3.63) is 130 Å². The molecule has 236 valence electrons. The number of aryl methyl sites for hydroxylation is 3. The average molecular weight is 646 g/mol. The van der Waals surface area contributed by atoms with Gasteiger partial charge in [0.1, 0.15) is 12.6 Å². The van der Waals surface area contributed by atoms with E-state index >= 15 is 0 Å². The normalized spacial score (nSPS) is 12.1. The lowest BCUT2D eigenvalue weighted by molar-refractivity contribution is -0.140. The van der Waals surface area contributed by atoms with Crippen LogP contribution in [0.25, 0.3) is 0 Å². The Morgan fingerprint density at radius 1 is 0.800 bits per heavy atom. The minimum absolute atomic E-state index is 0.0727. The first-order valence-electron chi connectivity index (χ1n) is 14.9. The molecule has 0 fully saturated rings. The lowest BCUT2D eigenvalue weighted by Crippen LogP contribution is -2.54. The second-order valence-corrected chi connectivity index (χ2v) is 13.9. The summed E-state index contributed by atoms with van der Waals surface area (Å²) in [5, 5.41) is 3.51. The van der Waals surface area contributed by atoms with Gasteiger partial charge in [-0.05, 0) is 81.6 Å². The fourth-order valence-electron chi connectivity index (χ4n) is 5.16. The molecule has 1 unspecified atom stereocenters. The molecule has 1 N–H and O–H groups in total. The van der Waals surface area contributed by atoms with Crippen LogP contribution in [0.5, 0.6) is 0 Å². The summed E-state index contributed by atoms with van der Waals surface area (Å²) >= 11 is 6.15. The van der Waals surface area contributed by atoms with Crippen LogP contribution in [0.1, 0.15) is 41.7 Å². The molecule has 7 nitrogen and oxygen atoms in total. The summed E-state index contributed by atoms with van der Waals surface area (Å²) in [7, 11) is -4.17. The van der Waals surface area contributed by atoms with Crippen LogP contribution >= 0.6 is 11.6 Å². The highest BCUT2D eigenvalue weighted by atomic mass is 35.5. The van der Waals surface area contributed by atoms with Crippen molar-refractivity contribution in [1.82, 2.24) is 10.2 Å². The summed E-state index contributed by atoms with van der Waals surface area (Å²) in [5.74, 6) is -0.837. The number of anilines is 1. The van der Waals surface area contributed by atoms with Crippen LogP contribution in [0.2, 0.25) is 5.02 Å². The molecule has 1 atom stereocenters. The predicted octanol–water partition coefficient (Wildman–Crippen LogP) is 6.63. The summed E-state index contributed by atoms with van der Waals surface area (Å²) in [6, 6.07) is 27.4. The predicted molar refractivity (Wildman–Crippen MR) is 181 cm³/mol. The molecule has 0 radical (unpaired) electrons. The van der Waals surface area contributed by atoms with Gasteiger partial charge in [0.05, 0.1) is 10.6 Å². The number of nitrogens with zero attached hydrogens (tertiary/aromatic N) is 2. The minimum atomic E-state index is -4.17. The van der Waals surface area contributed by atoms with E-state index in [0.717, 1.165) is 26.6 Å². The molecule has 0 saturated carbocycles. The maximum atomic E-state index is 14.5. The van der Waals surface area contributed by atoms with Gasteiger partial charge in [0.25, 0.3) is 10.0 Å². The maximum absolute atomic E-state index is 14.5. The van der Waals surface area contributed by atoms with Gasteiger partial charge < -0.3 is 10.2 Å². The van der Waals surface area contributed by atoms with Crippen LogP contribution < -0.4 is 9.62 Å². The van der Waals surface area contributed by atoms with E-state index < -0.39 is 28.5 Å². The SMILES string of the molecule is Cc1ccc(S(=O)(=O)N(CC(=O)N(Cc2ccc(Cl)cc2)C(Cc2ccccc2)C(=O)NC(C)C)c2ccc(C)cc2C)cc1. The standard InChI is InChI=1S/C36H40ClN3O4S/c1-25(2)38-36(42)34(22-29-9-7-6-8-10-29)39(23-30-14-16-31(37)17-15-30)35(41)24-40(33-20-13-27(4)21-28(33)5)45(43,44)32-18-11-26(3)12-19-32/h6-21,25,34H,22-24H2,1-5H3,(H,38,42). The van der Waals surface area contributed by atoms with E-state index in [1.807, 2.05) is 77.1 Å². The van der Waals surface area contributed by atoms with Gasteiger partial charge in [0.15, 0.2) is 0 Å². The zero-order valence-electron chi connectivity index (χ0n) is 26.3. The van der Waals surface area contributed by atoms with Crippen LogP contribution in [-0.2, 0) is 32.6 Å². The summed E-state index contributed by atoms with van der Waals surface area (Å²) in [6.07, 6.45) is 0.243. The molecular weight excluding hydrogens is 606 g/mol. The highest BCUT2D eigenvalue weighted by Gasteiger charge is 2.35. The van der Waals surface area contributed by atoms with Crippen molar-refractivity contribution in [3.8, 4) is 0 Å². The molecule has 0 aliphatic rings. The van der Waals surface area contributed by atoms with Crippen molar-refractivity contribution < 1.29 is 18.0 Å². The number of carbonyl (C=O) groups excluding carboxylic acids is 2.